The lowest BCUT2D eigenvalue weighted by Crippen LogP contribution is -2.50. The molecule has 0 spiro atoms. The molecule has 116 valence electrons. The monoisotopic (exact) mass is 290 g/mol. The molecule has 1 amide bonds. The summed E-state index contributed by atoms with van der Waals surface area (Å²) in [5, 5.41) is 2.87. The molecule has 1 heterocycles. The van der Waals surface area contributed by atoms with Gasteiger partial charge in [-0.25, -0.2) is 4.99 Å². The second kappa shape index (κ2) is 4.72. The number of carbonyl (C=O) groups is 1. The number of hydrogen-bond acceptors (Lipinski definition) is 3. The van der Waals surface area contributed by atoms with Crippen LogP contribution in [0.4, 0.5) is 0 Å². The molecule has 5 aliphatic rings. The van der Waals surface area contributed by atoms with Crippen LogP contribution in [0.15, 0.2) is 4.99 Å². The smallest absolute Gasteiger partial charge is 0.292 e. The molecule has 5 fully saturated rings. The van der Waals surface area contributed by atoms with Gasteiger partial charge in [-0.15, -0.1) is 0 Å². The van der Waals surface area contributed by atoms with Crippen LogP contribution in [-0.2, 0) is 9.53 Å². The standard InChI is InChI=1S/C17H26N2O2/c1-10(2)3-14-15(20)18-16(21-14)19-17-7-11-4-12(8-17)6-13(5-11)9-17/h10-14H,3-9H2,1-2H3,(H,18,19,20). The fraction of sp³-hybridized carbons (Fsp3) is 0.882. The zero-order chi connectivity index (χ0) is 14.6. The molecular formula is C17H26N2O2. The van der Waals surface area contributed by atoms with Crippen molar-refractivity contribution >= 4 is 11.9 Å². The third-order valence-electron chi connectivity index (χ3n) is 5.81. The van der Waals surface area contributed by atoms with Gasteiger partial charge >= 0.3 is 0 Å². The first-order valence-corrected chi connectivity index (χ1v) is 8.59. The molecule has 1 N–H and O–H groups in total. The maximum atomic E-state index is 12.0. The van der Waals surface area contributed by atoms with E-state index in [1.54, 1.807) is 0 Å². The third kappa shape index (κ3) is 2.47. The number of nitrogens with one attached hydrogen (secondary N) is 1. The molecule has 1 atom stereocenters. The van der Waals surface area contributed by atoms with Gasteiger partial charge in [0.25, 0.3) is 11.9 Å². The van der Waals surface area contributed by atoms with Gasteiger partial charge in [0.1, 0.15) is 0 Å². The molecule has 21 heavy (non-hydrogen) atoms. The highest BCUT2D eigenvalue weighted by molar-refractivity contribution is 6.02. The molecule has 0 aromatic heterocycles. The van der Waals surface area contributed by atoms with E-state index in [2.05, 4.69) is 19.2 Å². The third-order valence-corrected chi connectivity index (χ3v) is 5.81. The maximum Gasteiger partial charge on any atom is 0.292 e. The first-order chi connectivity index (χ1) is 10.0. The van der Waals surface area contributed by atoms with Gasteiger partial charge in [-0.1, -0.05) is 13.8 Å². The largest absolute Gasteiger partial charge is 0.452 e. The lowest BCUT2D eigenvalue weighted by atomic mass is 9.53. The highest BCUT2D eigenvalue weighted by Crippen LogP contribution is 2.57. The van der Waals surface area contributed by atoms with Crippen LogP contribution in [0.25, 0.3) is 0 Å². The number of nitrogens with zero attached hydrogens (tertiary/aromatic N) is 1. The van der Waals surface area contributed by atoms with Crippen molar-refractivity contribution in [3.63, 3.8) is 0 Å². The molecule has 4 bridgehead atoms. The molecule has 4 saturated carbocycles. The van der Waals surface area contributed by atoms with Crippen LogP contribution in [0.3, 0.4) is 0 Å². The van der Waals surface area contributed by atoms with Crippen molar-refractivity contribution in [2.45, 2.75) is 70.4 Å². The summed E-state index contributed by atoms with van der Waals surface area (Å²) in [4.78, 5) is 16.9. The van der Waals surface area contributed by atoms with Gasteiger partial charge in [-0.05, 0) is 68.6 Å². The number of hydrogen-bond donors (Lipinski definition) is 1. The number of ether oxygens (including phenoxy) is 1. The average molecular weight is 290 g/mol. The Kier molecular flexibility index (Phi) is 3.05. The van der Waals surface area contributed by atoms with Gasteiger partial charge in [0, 0.05) is 0 Å². The summed E-state index contributed by atoms with van der Waals surface area (Å²) in [5.41, 5.74) is 0.0735. The van der Waals surface area contributed by atoms with Crippen LogP contribution >= 0.6 is 0 Å². The van der Waals surface area contributed by atoms with E-state index in [4.69, 9.17) is 9.73 Å². The van der Waals surface area contributed by atoms with Crippen LogP contribution in [0.1, 0.15) is 58.8 Å². The van der Waals surface area contributed by atoms with Gasteiger partial charge in [0.2, 0.25) is 0 Å². The van der Waals surface area contributed by atoms with Crippen LogP contribution in [-0.4, -0.2) is 23.6 Å². The normalized spacial score (nSPS) is 46.2. The summed E-state index contributed by atoms with van der Waals surface area (Å²) < 4.78 is 5.81. The Balaban J connectivity index is 1.51. The van der Waals surface area contributed by atoms with E-state index in [9.17, 15) is 4.79 Å². The molecule has 4 heteroatoms. The Morgan fingerprint density at radius 2 is 1.76 bits per heavy atom. The molecule has 0 radical (unpaired) electrons. The maximum absolute atomic E-state index is 12.0. The highest BCUT2D eigenvalue weighted by Gasteiger charge is 2.51. The van der Waals surface area contributed by atoms with Gasteiger partial charge in [0.15, 0.2) is 6.10 Å². The fourth-order valence-corrected chi connectivity index (χ4v) is 5.46. The number of aliphatic imine (C=N–C) groups is 1. The summed E-state index contributed by atoms with van der Waals surface area (Å²) in [6.45, 7) is 4.23. The quantitative estimate of drug-likeness (QED) is 0.869. The lowest BCUT2D eigenvalue weighted by Gasteiger charge is -2.54. The minimum atomic E-state index is -0.335. The van der Waals surface area contributed by atoms with Crippen molar-refractivity contribution in [1.82, 2.24) is 5.32 Å². The van der Waals surface area contributed by atoms with E-state index in [0.29, 0.717) is 11.9 Å². The van der Waals surface area contributed by atoms with Gasteiger partial charge < -0.3 is 4.74 Å². The Morgan fingerprint density at radius 3 is 2.29 bits per heavy atom. The number of amides is 1. The molecule has 0 aromatic carbocycles. The Bertz CT molecular complexity index is 448. The summed E-state index contributed by atoms with van der Waals surface area (Å²) in [7, 11) is 0. The summed E-state index contributed by atoms with van der Waals surface area (Å²) in [6, 6.07) is 0.507. The van der Waals surface area contributed by atoms with Crippen molar-refractivity contribution in [3.8, 4) is 0 Å². The van der Waals surface area contributed by atoms with E-state index >= 15 is 0 Å². The molecule has 4 nitrogen and oxygen atoms in total. The number of carbonyl (C=O) groups excluding carboxylic acids is 1. The van der Waals surface area contributed by atoms with Gasteiger partial charge in [0.05, 0.1) is 5.54 Å². The van der Waals surface area contributed by atoms with E-state index in [1.807, 2.05) is 0 Å². The fourth-order valence-electron chi connectivity index (χ4n) is 5.46. The van der Waals surface area contributed by atoms with E-state index < -0.39 is 0 Å². The summed E-state index contributed by atoms with van der Waals surface area (Å²) in [6.07, 6.45) is 8.28. The first kappa shape index (κ1) is 13.6. The number of amidine groups is 1. The number of rotatable bonds is 3. The molecule has 1 unspecified atom stereocenters. The van der Waals surface area contributed by atoms with E-state index in [1.165, 1.54) is 38.5 Å². The summed E-state index contributed by atoms with van der Waals surface area (Å²) >= 11 is 0. The van der Waals surface area contributed by atoms with E-state index in [0.717, 1.165) is 24.2 Å². The van der Waals surface area contributed by atoms with Crippen molar-refractivity contribution in [2.24, 2.45) is 28.7 Å². The predicted molar refractivity (Wildman–Crippen MR) is 80.8 cm³/mol. The Labute approximate surface area is 126 Å². The highest BCUT2D eigenvalue weighted by atomic mass is 16.5. The van der Waals surface area contributed by atoms with E-state index in [-0.39, 0.29) is 17.6 Å². The molecule has 1 saturated heterocycles. The first-order valence-electron chi connectivity index (χ1n) is 8.59. The van der Waals surface area contributed by atoms with Crippen molar-refractivity contribution in [2.75, 3.05) is 0 Å². The van der Waals surface area contributed by atoms with Crippen LogP contribution < -0.4 is 5.32 Å². The summed E-state index contributed by atoms with van der Waals surface area (Å²) in [5.74, 6) is 3.05. The zero-order valence-electron chi connectivity index (χ0n) is 13.1. The van der Waals surface area contributed by atoms with Crippen molar-refractivity contribution in [1.29, 1.82) is 0 Å². The lowest BCUT2D eigenvalue weighted by molar-refractivity contribution is -0.123. The van der Waals surface area contributed by atoms with Crippen LogP contribution in [0.5, 0.6) is 0 Å². The van der Waals surface area contributed by atoms with Gasteiger partial charge in [-0.3, -0.25) is 10.1 Å². The second-order valence-corrected chi connectivity index (χ2v) is 8.28. The average Bonchev–Trinajstić information content (AvgIpc) is 2.65. The van der Waals surface area contributed by atoms with Crippen molar-refractivity contribution < 1.29 is 9.53 Å². The molecular weight excluding hydrogens is 264 g/mol. The predicted octanol–water partition coefficient (Wildman–Crippen LogP) is 2.87. The van der Waals surface area contributed by atoms with Crippen LogP contribution in [0, 0.1) is 23.7 Å². The van der Waals surface area contributed by atoms with Crippen molar-refractivity contribution in [3.05, 3.63) is 0 Å². The molecule has 1 aliphatic heterocycles. The van der Waals surface area contributed by atoms with Crippen LogP contribution in [0.2, 0.25) is 0 Å². The minimum absolute atomic E-state index is 0.00724. The zero-order valence-corrected chi connectivity index (χ0v) is 13.1. The Hall–Kier alpha value is -1.06. The second-order valence-electron chi connectivity index (χ2n) is 8.28. The Morgan fingerprint density at radius 1 is 1.19 bits per heavy atom. The SMILES string of the molecule is CC(C)CC1OC(=NC23CC4CC(CC(C4)C2)C3)NC1=O. The van der Waals surface area contributed by atoms with Gasteiger partial charge in [-0.2, -0.15) is 0 Å². The molecule has 5 rings (SSSR count). The topological polar surface area (TPSA) is 50.7 Å². The molecule has 0 aromatic rings. The molecule has 4 aliphatic carbocycles. The minimum Gasteiger partial charge on any atom is -0.452 e.